The number of ether oxygens (including phenoxy) is 1. The van der Waals surface area contributed by atoms with Crippen molar-refractivity contribution in [3.63, 3.8) is 0 Å². The number of amides is 1. The number of amidine groups is 1. The van der Waals surface area contributed by atoms with Crippen LogP contribution in [0.15, 0.2) is 35.5 Å². The Balaban J connectivity index is 2.10. The number of oxime groups is 1. The monoisotopic (exact) mass is 291 g/mol. The lowest BCUT2D eigenvalue weighted by Gasteiger charge is -2.26. The molecule has 2 atom stereocenters. The van der Waals surface area contributed by atoms with Crippen molar-refractivity contribution in [2.45, 2.75) is 25.3 Å². The molecule has 114 valence electrons. The summed E-state index contributed by atoms with van der Waals surface area (Å²) in [5, 5.41) is 14.9. The minimum Gasteiger partial charge on any atom is -0.409 e. The van der Waals surface area contributed by atoms with E-state index in [1.165, 1.54) is 0 Å². The molecule has 0 bridgehead atoms. The lowest BCUT2D eigenvalue weighted by atomic mass is 9.94. The average molecular weight is 291 g/mol. The van der Waals surface area contributed by atoms with E-state index in [9.17, 15) is 4.79 Å². The highest BCUT2D eigenvalue weighted by molar-refractivity contribution is 6.02. The fourth-order valence-electron chi connectivity index (χ4n) is 2.40. The van der Waals surface area contributed by atoms with Crippen LogP contribution in [0.4, 0.5) is 0 Å². The Morgan fingerprint density at radius 1 is 1.52 bits per heavy atom. The van der Waals surface area contributed by atoms with Gasteiger partial charge in [-0.3, -0.25) is 4.79 Å². The van der Waals surface area contributed by atoms with E-state index < -0.39 is 5.92 Å². The van der Waals surface area contributed by atoms with Gasteiger partial charge in [0.1, 0.15) is 5.92 Å². The SMILES string of the molecule is CC1(NC(=O)C(Cc2ccccc2)/C(N)=N/O)CCOC1. The largest absolute Gasteiger partial charge is 0.409 e. The first kappa shape index (κ1) is 15.3. The van der Waals surface area contributed by atoms with E-state index in [4.69, 9.17) is 15.7 Å². The van der Waals surface area contributed by atoms with Crippen molar-refractivity contribution in [1.29, 1.82) is 0 Å². The zero-order chi connectivity index (χ0) is 15.3. The highest BCUT2D eigenvalue weighted by atomic mass is 16.5. The van der Waals surface area contributed by atoms with E-state index in [2.05, 4.69) is 10.5 Å². The number of carbonyl (C=O) groups excluding carboxylic acids is 1. The van der Waals surface area contributed by atoms with Gasteiger partial charge in [-0.15, -0.1) is 0 Å². The Hall–Kier alpha value is -2.08. The molecule has 1 heterocycles. The van der Waals surface area contributed by atoms with Crippen molar-refractivity contribution in [1.82, 2.24) is 5.32 Å². The predicted octanol–water partition coefficient (Wildman–Crippen LogP) is 0.887. The molecule has 0 radical (unpaired) electrons. The molecule has 1 fully saturated rings. The maximum absolute atomic E-state index is 12.5. The molecule has 0 aliphatic carbocycles. The lowest BCUT2D eigenvalue weighted by Crippen LogP contribution is -2.51. The molecule has 1 amide bonds. The van der Waals surface area contributed by atoms with Crippen molar-refractivity contribution in [2.24, 2.45) is 16.8 Å². The van der Waals surface area contributed by atoms with Gasteiger partial charge in [0.25, 0.3) is 0 Å². The Labute approximate surface area is 124 Å². The Morgan fingerprint density at radius 2 is 2.24 bits per heavy atom. The zero-order valence-electron chi connectivity index (χ0n) is 12.1. The van der Waals surface area contributed by atoms with Gasteiger partial charge in [0.05, 0.1) is 12.1 Å². The van der Waals surface area contributed by atoms with Crippen LogP contribution >= 0.6 is 0 Å². The first-order valence-corrected chi connectivity index (χ1v) is 6.95. The van der Waals surface area contributed by atoms with Crippen LogP contribution in [0.5, 0.6) is 0 Å². The zero-order valence-corrected chi connectivity index (χ0v) is 12.1. The fourth-order valence-corrected chi connectivity index (χ4v) is 2.40. The van der Waals surface area contributed by atoms with Gasteiger partial charge >= 0.3 is 0 Å². The van der Waals surface area contributed by atoms with E-state index in [0.717, 1.165) is 12.0 Å². The third-order valence-corrected chi connectivity index (χ3v) is 3.72. The summed E-state index contributed by atoms with van der Waals surface area (Å²) in [6.07, 6.45) is 1.15. The predicted molar refractivity (Wildman–Crippen MR) is 79.0 cm³/mol. The third kappa shape index (κ3) is 3.95. The number of hydrogen-bond donors (Lipinski definition) is 3. The smallest absolute Gasteiger partial charge is 0.231 e. The molecule has 1 aromatic carbocycles. The fraction of sp³-hybridized carbons (Fsp3) is 0.467. The maximum Gasteiger partial charge on any atom is 0.231 e. The highest BCUT2D eigenvalue weighted by Gasteiger charge is 2.34. The van der Waals surface area contributed by atoms with Crippen molar-refractivity contribution >= 4 is 11.7 Å². The van der Waals surface area contributed by atoms with Crippen molar-refractivity contribution < 1.29 is 14.7 Å². The third-order valence-electron chi connectivity index (χ3n) is 3.72. The normalized spacial score (nSPS) is 23.8. The summed E-state index contributed by atoms with van der Waals surface area (Å²) in [6, 6.07) is 9.50. The van der Waals surface area contributed by atoms with Gasteiger partial charge < -0.3 is 21.0 Å². The molecule has 1 aromatic rings. The number of rotatable bonds is 5. The number of nitrogens with zero attached hydrogens (tertiary/aromatic N) is 1. The van der Waals surface area contributed by atoms with Gasteiger partial charge in [0.2, 0.25) is 5.91 Å². The van der Waals surface area contributed by atoms with Crippen molar-refractivity contribution in [2.75, 3.05) is 13.2 Å². The van der Waals surface area contributed by atoms with Gasteiger partial charge in [-0.1, -0.05) is 35.5 Å². The number of hydrogen-bond acceptors (Lipinski definition) is 4. The van der Waals surface area contributed by atoms with Gasteiger partial charge in [0.15, 0.2) is 5.84 Å². The number of nitrogens with two attached hydrogens (primary N) is 1. The van der Waals surface area contributed by atoms with Crippen LogP contribution in [-0.4, -0.2) is 35.7 Å². The van der Waals surface area contributed by atoms with Crippen LogP contribution in [-0.2, 0) is 16.0 Å². The summed E-state index contributed by atoms with van der Waals surface area (Å²) in [7, 11) is 0. The van der Waals surface area contributed by atoms with E-state index in [0.29, 0.717) is 19.6 Å². The number of carbonyl (C=O) groups is 1. The number of nitrogens with one attached hydrogen (secondary N) is 1. The first-order valence-electron chi connectivity index (χ1n) is 6.95. The molecule has 0 aromatic heterocycles. The van der Waals surface area contributed by atoms with Gasteiger partial charge in [-0.2, -0.15) is 0 Å². The van der Waals surface area contributed by atoms with E-state index in [1.54, 1.807) is 0 Å². The molecule has 0 spiro atoms. The molecule has 2 rings (SSSR count). The van der Waals surface area contributed by atoms with Crippen molar-refractivity contribution in [3.05, 3.63) is 35.9 Å². The van der Waals surface area contributed by atoms with Crippen LogP contribution in [0.25, 0.3) is 0 Å². The first-order chi connectivity index (χ1) is 10.0. The second-order valence-corrected chi connectivity index (χ2v) is 5.62. The summed E-state index contributed by atoms with van der Waals surface area (Å²) >= 11 is 0. The summed E-state index contributed by atoms with van der Waals surface area (Å²) < 4.78 is 5.32. The molecule has 6 nitrogen and oxygen atoms in total. The Kier molecular flexibility index (Phi) is 4.80. The van der Waals surface area contributed by atoms with Crippen LogP contribution < -0.4 is 11.1 Å². The molecular weight excluding hydrogens is 270 g/mol. The van der Waals surface area contributed by atoms with Crippen LogP contribution in [0, 0.1) is 5.92 Å². The van der Waals surface area contributed by atoms with E-state index in [-0.39, 0.29) is 17.3 Å². The maximum atomic E-state index is 12.5. The molecule has 21 heavy (non-hydrogen) atoms. The minimum absolute atomic E-state index is 0.0844. The number of benzene rings is 1. The minimum atomic E-state index is -0.699. The standard InChI is InChI=1S/C15H21N3O3/c1-15(7-8-21-10-15)17-14(19)12(13(16)18-20)9-11-5-3-2-4-6-11/h2-6,12,20H,7-10H2,1H3,(H2,16,18)(H,17,19). The molecule has 6 heteroatoms. The van der Waals surface area contributed by atoms with E-state index >= 15 is 0 Å². The molecule has 1 saturated heterocycles. The molecule has 1 aliphatic rings. The second kappa shape index (κ2) is 6.58. The second-order valence-electron chi connectivity index (χ2n) is 5.62. The summed E-state index contributed by atoms with van der Waals surface area (Å²) in [6.45, 7) is 3.04. The summed E-state index contributed by atoms with van der Waals surface area (Å²) in [5.74, 6) is -1.03. The van der Waals surface area contributed by atoms with Crippen molar-refractivity contribution in [3.8, 4) is 0 Å². The topological polar surface area (TPSA) is 96.9 Å². The Morgan fingerprint density at radius 3 is 2.81 bits per heavy atom. The van der Waals surface area contributed by atoms with Crippen LogP contribution in [0.3, 0.4) is 0 Å². The summed E-state index contributed by atoms with van der Waals surface area (Å²) in [4.78, 5) is 12.5. The lowest BCUT2D eigenvalue weighted by molar-refractivity contribution is -0.124. The average Bonchev–Trinajstić information content (AvgIpc) is 2.91. The molecule has 1 aliphatic heterocycles. The van der Waals surface area contributed by atoms with Gasteiger partial charge in [0, 0.05) is 6.61 Å². The molecule has 0 saturated carbocycles. The Bertz CT molecular complexity index is 510. The van der Waals surface area contributed by atoms with Gasteiger partial charge in [-0.05, 0) is 25.3 Å². The summed E-state index contributed by atoms with van der Waals surface area (Å²) in [5.41, 5.74) is 6.26. The molecule has 4 N–H and O–H groups in total. The molecule has 2 unspecified atom stereocenters. The van der Waals surface area contributed by atoms with Gasteiger partial charge in [-0.25, -0.2) is 0 Å². The quantitative estimate of drug-likeness (QED) is 0.325. The van der Waals surface area contributed by atoms with E-state index in [1.807, 2.05) is 37.3 Å². The highest BCUT2D eigenvalue weighted by Crippen LogP contribution is 2.19. The van der Waals surface area contributed by atoms with Crippen LogP contribution in [0.1, 0.15) is 18.9 Å². The molecular formula is C15H21N3O3. The van der Waals surface area contributed by atoms with Crippen LogP contribution in [0.2, 0.25) is 0 Å².